The first-order valence-corrected chi connectivity index (χ1v) is 6.84. The maximum Gasteiger partial charge on any atom is 0.218 e. The third-order valence-electron chi connectivity index (χ3n) is 3.67. The van der Waals surface area contributed by atoms with Crippen LogP contribution in [0.1, 0.15) is 11.1 Å². The van der Waals surface area contributed by atoms with E-state index in [1.54, 1.807) is 13.3 Å². The predicted molar refractivity (Wildman–Crippen MR) is 80.0 cm³/mol. The van der Waals surface area contributed by atoms with Crippen molar-refractivity contribution in [2.75, 3.05) is 18.6 Å². The van der Waals surface area contributed by atoms with E-state index in [-0.39, 0.29) is 6.04 Å². The van der Waals surface area contributed by atoms with Gasteiger partial charge in [0, 0.05) is 36.6 Å². The minimum atomic E-state index is 0.174. The van der Waals surface area contributed by atoms with Crippen LogP contribution in [-0.4, -0.2) is 24.7 Å². The third kappa shape index (κ3) is 2.47. The molecule has 104 valence electrons. The number of hydrogen-bond acceptors (Lipinski definition) is 4. The van der Waals surface area contributed by atoms with Crippen LogP contribution in [0.15, 0.2) is 42.6 Å². The third-order valence-corrected chi connectivity index (χ3v) is 3.67. The Morgan fingerprint density at radius 2 is 2.15 bits per heavy atom. The van der Waals surface area contributed by atoms with E-state index in [4.69, 9.17) is 10.5 Å². The van der Waals surface area contributed by atoms with Crippen LogP contribution < -0.4 is 15.4 Å². The summed E-state index contributed by atoms with van der Waals surface area (Å²) in [4.78, 5) is 6.57. The van der Waals surface area contributed by atoms with Crippen molar-refractivity contribution in [2.45, 2.75) is 19.0 Å². The van der Waals surface area contributed by atoms with Crippen LogP contribution in [-0.2, 0) is 13.0 Å². The number of nitrogens with zero attached hydrogens (tertiary/aromatic N) is 2. The van der Waals surface area contributed by atoms with Crippen LogP contribution in [0.4, 0.5) is 5.69 Å². The largest absolute Gasteiger partial charge is 0.481 e. The summed E-state index contributed by atoms with van der Waals surface area (Å²) in [6.45, 7) is 1.62. The number of nitrogens with two attached hydrogens (primary N) is 1. The molecule has 0 fully saturated rings. The van der Waals surface area contributed by atoms with Crippen molar-refractivity contribution in [3.8, 4) is 5.88 Å². The minimum absolute atomic E-state index is 0.174. The van der Waals surface area contributed by atoms with E-state index in [1.165, 1.54) is 11.3 Å². The van der Waals surface area contributed by atoms with Crippen molar-refractivity contribution in [2.24, 2.45) is 5.73 Å². The zero-order chi connectivity index (χ0) is 13.9. The van der Waals surface area contributed by atoms with E-state index in [0.29, 0.717) is 5.88 Å². The Kier molecular flexibility index (Phi) is 3.56. The first-order valence-electron chi connectivity index (χ1n) is 6.84. The van der Waals surface area contributed by atoms with Crippen molar-refractivity contribution in [1.82, 2.24) is 4.98 Å². The number of hydrogen-bond donors (Lipinski definition) is 1. The number of para-hydroxylation sites is 1. The second-order valence-electron chi connectivity index (χ2n) is 5.15. The molecule has 0 aliphatic carbocycles. The van der Waals surface area contributed by atoms with Crippen molar-refractivity contribution in [3.05, 3.63) is 53.7 Å². The molecule has 0 bridgehead atoms. The van der Waals surface area contributed by atoms with Crippen LogP contribution in [0.25, 0.3) is 0 Å². The monoisotopic (exact) mass is 269 g/mol. The summed E-state index contributed by atoms with van der Waals surface area (Å²) in [6, 6.07) is 12.6. The van der Waals surface area contributed by atoms with Gasteiger partial charge in [0.2, 0.25) is 5.88 Å². The average Bonchev–Trinajstić information content (AvgIpc) is 2.47. The Labute approximate surface area is 119 Å². The van der Waals surface area contributed by atoms with Crippen LogP contribution in [0.2, 0.25) is 0 Å². The highest BCUT2D eigenvalue weighted by atomic mass is 16.5. The Morgan fingerprint density at radius 1 is 1.30 bits per heavy atom. The van der Waals surface area contributed by atoms with Gasteiger partial charge in [0.15, 0.2) is 0 Å². The Hall–Kier alpha value is -2.07. The summed E-state index contributed by atoms with van der Waals surface area (Å²) in [7, 11) is 1.65. The zero-order valence-corrected chi connectivity index (χ0v) is 11.6. The average molecular weight is 269 g/mol. The highest BCUT2D eigenvalue weighted by molar-refractivity contribution is 5.56. The summed E-state index contributed by atoms with van der Waals surface area (Å²) in [5.41, 5.74) is 9.84. The van der Waals surface area contributed by atoms with Gasteiger partial charge < -0.3 is 15.4 Å². The van der Waals surface area contributed by atoms with Gasteiger partial charge in [-0.1, -0.05) is 24.3 Å². The molecule has 1 aliphatic heterocycles. The number of benzene rings is 1. The summed E-state index contributed by atoms with van der Waals surface area (Å²) in [5.74, 6) is 0.684. The van der Waals surface area contributed by atoms with E-state index >= 15 is 0 Å². The van der Waals surface area contributed by atoms with Crippen molar-refractivity contribution in [3.63, 3.8) is 0 Å². The zero-order valence-electron chi connectivity index (χ0n) is 11.6. The molecule has 4 heteroatoms. The lowest BCUT2D eigenvalue weighted by Crippen LogP contribution is -2.42. The number of rotatable bonds is 3. The Bertz CT molecular complexity index is 600. The molecule has 1 aromatic heterocycles. The molecule has 2 aromatic rings. The summed E-state index contributed by atoms with van der Waals surface area (Å²) in [6.07, 6.45) is 2.69. The molecule has 3 rings (SSSR count). The fourth-order valence-corrected chi connectivity index (χ4v) is 2.80. The summed E-state index contributed by atoms with van der Waals surface area (Å²) >= 11 is 0. The standard InChI is InChI=1S/C16H19N3O/c1-20-16-13(6-4-8-18-16)10-19-11-14(17)9-12-5-2-3-7-15(12)19/h2-8,14H,9-11,17H2,1H3. The van der Waals surface area contributed by atoms with Gasteiger partial charge in [-0.2, -0.15) is 0 Å². The molecule has 0 amide bonds. The van der Waals surface area contributed by atoms with Gasteiger partial charge in [-0.05, 0) is 24.1 Å². The number of aromatic nitrogens is 1. The highest BCUT2D eigenvalue weighted by Crippen LogP contribution is 2.29. The first-order chi connectivity index (χ1) is 9.78. The van der Waals surface area contributed by atoms with Crippen molar-refractivity contribution < 1.29 is 4.74 Å². The SMILES string of the molecule is COc1ncccc1CN1CC(N)Cc2ccccc21. The molecule has 1 aromatic carbocycles. The molecular formula is C16H19N3O. The number of ether oxygens (including phenoxy) is 1. The van der Waals surface area contributed by atoms with Crippen LogP contribution in [0, 0.1) is 0 Å². The van der Waals surface area contributed by atoms with Gasteiger partial charge in [0.25, 0.3) is 0 Å². The van der Waals surface area contributed by atoms with Gasteiger partial charge in [0.1, 0.15) is 0 Å². The highest BCUT2D eigenvalue weighted by Gasteiger charge is 2.22. The molecule has 0 saturated heterocycles. The van der Waals surface area contributed by atoms with Crippen molar-refractivity contribution in [1.29, 1.82) is 0 Å². The van der Waals surface area contributed by atoms with E-state index < -0.39 is 0 Å². The fraction of sp³-hybridized carbons (Fsp3) is 0.312. The van der Waals surface area contributed by atoms with Gasteiger partial charge in [-0.3, -0.25) is 0 Å². The number of methoxy groups -OCH3 is 1. The Morgan fingerprint density at radius 3 is 3.00 bits per heavy atom. The fourth-order valence-electron chi connectivity index (χ4n) is 2.80. The van der Waals surface area contributed by atoms with Crippen LogP contribution in [0.5, 0.6) is 5.88 Å². The summed E-state index contributed by atoms with van der Waals surface area (Å²) < 4.78 is 5.33. The maximum atomic E-state index is 6.18. The van der Waals surface area contributed by atoms with Gasteiger partial charge in [0.05, 0.1) is 7.11 Å². The molecule has 1 unspecified atom stereocenters. The lowest BCUT2D eigenvalue weighted by Gasteiger charge is -2.34. The molecule has 1 aliphatic rings. The van der Waals surface area contributed by atoms with Crippen LogP contribution in [0.3, 0.4) is 0 Å². The van der Waals surface area contributed by atoms with E-state index in [2.05, 4.69) is 40.2 Å². The second kappa shape index (κ2) is 5.51. The summed E-state index contributed by atoms with van der Waals surface area (Å²) in [5, 5.41) is 0. The molecule has 2 N–H and O–H groups in total. The Balaban J connectivity index is 1.91. The smallest absolute Gasteiger partial charge is 0.218 e. The lowest BCUT2D eigenvalue weighted by atomic mass is 9.98. The molecule has 0 saturated carbocycles. The van der Waals surface area contributed by atoms with Gasteiger partial charge in [-0.25, -0.2) is 4.98 Å². The van der Waals surface area contributed by atoms with Gasteiger partial charge in [-0.15, -0.1) is 0 Å². The first kappa shape index (κ1) is 12.9. The molecule has 2 heterocycles. The van der Waals surface area contributed by atoms with E-state index in [0.717, 1.165) is 25.1 Å². The number of pyridine rings is 1. The maximum absolute atomic E-state index is 6.18. The molecular weight excluding hydrogens is 250 g/mol. The second-order valence-corrected chi connectivity index (χ2v) is 5.15. The number of fused-ring (bicyclic) bond motifs is 1. The molecule has 4 nitrogen and oxygen atoms in total. The lowest BCUT2D eigenvalue weighted by molar-refractivity contribution is 0.391. The molecule has 20 heavy (non-hydrogen) atoms. The van der Waals surface area contributed by atoms with E-state index in [1.807, 2.05) is 6.07 Å². The van der Waals surface area contributed by atoms with E-state index in [9.17, 15) is 0 Å². The van der Waals surface area contributed by atoms with Crippen molar-refractivity contribution >= 4 is 5.69 Å². The molecule has 0 spiro atoms. The molecule has 1 atom stereocenters. The quantitative estimate of drug-likeness (QED) is 0.925. The number of anilines is 1. The normalized spacial score (nSPS) is 17.7. The molecule has 0 radical (unpaired) electrons. The van der Waals surface area contributed by atoms with Gasteiger partial charge >= 0.3 is 0 Å². The topological polar surface area (TPSA) is 51.4 Å². The predicted octanol–water partition coefficient (Wildman–Crippen LogP) is 1.98. The van der Waals surface area contributed by atoms with Crippen LogP contribution >= 0.6 is 0 Å². The minimum Gasteiger partial charge on any atom is -0.481 e.